The van der Waals surface area contributed by atoms with Crippen LogP contribution in [0, 0.1) is 19.8 Å². The minimum absolute atomic E-state index is 0.0465. The topological polar surface area (TPSA) is 62.3 Å². The maximum Gasteiger partial charge on any atom is 0.229 e. The highest BCUT2D eigenvalue weighted by molar-refractivity contribution is 6.07. The quantitative estimate of drug-likeness (QED) is 0.773. The summed E-state index contributed by atoms with van der Waals surface area (Å²) in [4.78, 5) is 31.5. The van der Waals surface area contributed by atoms with Gasteiger partial charge in [0.25, 0.3) is 0 Å². The summed E-state index contributed by atoms with van der Waals surface area (Å²) in [5.74, 6) is -0.540. The van der Waals surface area contributed by atoms with Crippen LogP contribution in [0.4, 0.5) is 11.4 Å². The van der Waals surface area contributed by atoms with Crippen LogP contribution in [0.2, 0.25) is 0 Å². The van der Waals surface area contributed by atoms with E-state index in [1.807, 2.05) is 62.4 Å². The molecule has 1 atom stereocenters. The number of nitrogens with one attached hydrogen (secondary N) is 1. The van der Waals surface area contributed by atoms with Crippen molar-refractivity contribution in [3.63, 3.8) is 0 Å². The van der Waals surface area contributed by atoms with Crippen LogP contribution in [0.25, 0.3) is 10.9 Å². The first-order chi connectivity index (χ1) is 13.0. The van der Waals surface area contributed by atoms with Gasteiger partial charge in [0.05, 0.1) is 17.1 Å². The van der Waals surface area contributed by atoms with Crippen LogP contribution in [0.5, 0.6) is 0 Å². The number of para-hydroxylation sites is 2. The Morgan fingerprint density at radius 1 is 1.07 bits per heavy atom. The Bertz CT molecular complexity index is 1020. The second-order valence-electron chi connectivity index (χ2n) is 7.01. The zero-order valence-corrected chi connectivity index (χ0v) is 15.4. The third-order valence-electron chi connectivity index (χ3n) is 5.13. The van der Waals surface area contributed by atoms with E-state index in [1.165, 1.54) is 0 Å². The summed E-state index contributed by atoms with van der Waals surface area (Å²) >= 11 is 0. The van der Waals surface area contributed by atoms with Crippen molar-refractivity contribution >= 4 is 34.1 Å². The Morgan fingerprint density at radius 2 is 1.78 bits per heavy atom. The average Bonchev–Trinajstić information content (AvgIpc) is 3.06. The normalized spacial score (nSPS) is 16.7. The van der Waals surface area contributed by atoms with Crippen LogP contribution in [0.1, 0.15) is 17.5 Å². The number of anilines is 2. The largest absolute Gasteiger partial charge is 0.325 e. The molecule has 1 N–H and O–H groups in total. The Balaban J connectivity index is 1.58. The molecule has 5 heteroatoms. The van der Waals surface area contributed by atoms with E-state index in [0.717, 1.165) is 33.4 Å². The Morgan fingerprint density at radius 3 is 2.56 bits per heavy atom. The van der Waals surface area contributed by atoms with Crippen molar-refractivity contribution < 1.29 is 9.59 Å². The number of aromatic nitrogens is 1. The molecule has 1 aliphatic rings. The highest BCUT2D eigenvalue weighted by Gasteiger charge is 2.36. The minimum atomic E-state index is -0.379. The fraction of sp³-hybridized carbons (Fsp3) is 0.227. The summed E-state index contributed by atoms with van der Waals surface area (Å²) in [6, 6.07) is 15.5. The minimum Gasteiger partial charge on any atom is -0.325 e. The van der Waals surface area contributed by atoms with E-state index in [0.29, 0.717) is 6.54 Å². The molecule has 2 aromatic carbocycles. The first kappa shape index (κ1) is 17.2. The van der Waals surface area contributed by atoms with Gasteiger partial charge in [-0.1, -0.05) is 36.4 Å². The van der Waals surface area contributed by atoms with Gasteiger partial charge in [0.1, 0.15) is 0 Å². The molecule has 1 unspecified atom stereocenters. The number of fused-ring (bicyclic) bond motifs is 1. The Kier molecular flexibility index (Phi) is 4.36. The molecule has 2 heterocycles. The van der Waals surface area contributed by atoms with Crippen molar-refractivity contribution in [3.8, 4) is 0 Å². The molecular weight excluding hydrogens is 338 g/mol. The van der Waals surface area contributed by atoms with Crippen LogP contribution < -0.4 is 10.2 Å². The Labute approximate surface area is 158 Å². The maximum absolute atomic E-state index is 12.8. The monoisotopic (exact) mass is 359 g/mol. The third kappa shape index (κ3) is 3.16. The highest BCUT2D eigenvalue weighted by Crippen LogP contribution is 2.31. The van der Waals surface area contributed by atoms with Crippen LogP contribution >= 0.6 is 0 Å². The zero-order chi connectivity index (χ0) is 19.0. The van der Waals surface area contributed by atoms with Gasteiger partial charge in [-0.2, -0.15) is 0 Å². The molecule has 0 radical (unpaired) electrons. The number of carbonyl (C=O) groups excluding carboxylic acids is 2. The number of amides is 2. The summed E-state index contributed by atoms with van der Waals surface area (Å²) in [7, 11) is 0. The first-order valence-corrected chi connectivity index (χ1v) is 9.06. The summed E-state index contributed by atoms with van der Waals surface area (Å²) in [6.45, 7) is 4.30. The van der Waals surface area contributed by atoms with Crippen LogP contribution in [-0.2, 0) is 9.59 Å². The van der Waals surface area contributed by atoms with Crippen LogP contribution in [0.15, 0.2) is 54.7 Å². The van der Waals surface area contributed by atoms with Crippen molar-refractivity contribution in [3.05, 3.63) is 65.9 Å². The molecule has 1 aliphatic heterocycles. The lowest BCUT2D eigenvalue weighted by molar-refractivity contribution is -0.122. The molecule has 4 rings (SSSR count). The molecule has 1 fully saturated rings. The standard InChI is InChI=1S/C22H21N3O2/c1-14-6-3-7-15(2)20(14)24-22(27)17-12-19(26)25(13-17)18-10-4-8-16-9-5-11-23-21(16)18/h3-11,17H,12-13H2,1-2H3,(H,24,27). The van der Waals surface area contributed by atoms with Gasteiger partial charge in [-0.05, 0) is 37.1 Å². The summed E-state index contributed by atoms with van der Waals surface area (Å²) < 4.78 is 0. The van der Waals surface area contributed by atoms with Crippen LogP contribution in [-0.4, -0.2) is 23.3 Å². The van der Waals surface area contributed by atoms with Crippen molar-refractivity contribution in [2.45, 2.75) is 20.3 Å². The predicted molar refractivity (Wildman–Crippen MR) is 107 cm³/mol. The lowest BCUT2D eigenvalue weighted by Crippen LogP contribution is -2.28. The molecule has 1 saturated heterocycles. The van der Waals surface area contributed by atoms with E-state index in [4.69, 9.17) is 0 Å². The van der Waals surface area contributed by atoms with Gasteiger partial charge in [-0.25, -0.2) is 0 Å². The van der Waals surface area contributed by atoms with Gasteiger partial charge in [0, 0.05) is 30.2 Å². The van der Waals surface area contributed by atoms with Gasteiger partial charge in [0.2, 0.25) is 11.8 Å². The number of pyridine rings is 1. The zero-order valence-electron chi connectivity index (χ0n) is 15.4. The lowest BCUT2D eigenvalue weighted by Gasteiger charge is -2.18. The molecule has 27 heavy (non-hydrogen) atoms. The van der Waals surface area contributed by atoms with E-state index >= 15 is 0 Å². The first-order valence-electron chi connectivity index (χ1n) is 9.06. The van der Waals surface area contributed by atoms with Crippen molar-refractivity contribution in [2.75, 3.05) is 16.8 Å². The molecule has 0 aliphatic carbocycles. The number of hydrogen-bond acceptors (Lipinski definition) is 3. The SMILES string of the molecule is Cc1cccc(C)c1NC(=O)C1CC(=O)N(c2cccc3cccnc23)C1. The van der Waals surface area contributed by atoms with Crippen molar-refractivity contribution in [1.29, 1.82) is 0 Å². The van der Waals surface area contributed by atoms with E-state index in [2.05, 4.69) is 10.3 Å². The highest BCUT2D eigenvalue weighted by atomic mass is 16.2. The number of hydrogen-bond donors (Lipinski definition) is 1. The van der Waals surface area contributed by atoms with Gasteiger partial charge >= 0.3 is 0 Å². The van der Waals surface area contributed by atoms with Crippen molar-refractivity contribution in [2.24, 2.45) is 5.92 Å². The second-order valence-corrected chi connectivity index (χ2v) is 7.01. The summed E-state index contributed by atoms with van der Waals surface area (Å²) in [6.07, 6.45) is 1.93. The fourth-order valence-electron chi connectivity index (χ4n) is 3.66. The van der Waals surface area contributed by atoms with Gasteiger partial charge in [-0.15, -0.1) is 0 Å². The van der Waals surface area contributed by atoms with Crippen molar-refractivity contribution in [1.82, 2.24) is 4.98 Å². The van der Waals surface area contributed by atoms with Gasteiger partial charge in [-0.3, -0.25) is 14.6 Å². The van der Waals surface area contributed by atoms with E-state index in [9.17, 15) is 9.59 Å². The Hall–Kier alpha value is -3.21. The third-order valence-corrected chi connectivity index (χ3v) is 5.13. The molecule has 3 aromatic rings. The summed E-state index contributed by atoms with van der Waals surface area (Å²) in [5.41, 5.74) is 4.41. The number of benzene rings is 2. The van der Waals surface area contributed by atoms with E-state index < -0.39 is 0 Å². The fourth-order valence-corrected chi connectivity index (χ4v) is 3.66. The number of carbonyl (C=O) groups is 2. The number of aryl methyl sites for hydroxylation is 2. The van der Waals surface area contributed by atoms with Gasteiger partial charge in [0.15, 0.2) is 0 Å². The second kappa shape index (κ2) is 6.83. The molecule has 5 nitrogen and oxygen atoms in total. The molecule has 136 valence electrons. The number of rotatable bonds is 3. The molecular formula is C22H21N3O2. The van der Waals surface area contributed by atoms with E-state index in [-0.39, 0.29) is 24.2 Å². The lowest BCUT2D eigenvalue weighted by atomic mass is 10.1. The molecule has 0 bridgehead atoms. The molecule has 1 aromatic heterocycles. The molecule has 2 amide bonds. The van der Waals surface area contributed by atoms with E-state index in [1.54, 1.807) is 11.1 Å². The average molecular weight is 359 g/mol. The smallest absolute Gasteiger partial charge is 0.229 e. The molecule has 0 spiro atoms. The van der Waals surface area contributed by atoms with Gasteiger partial charge < -0.3 is 10.2 Å². The number of nitrogens with zero attached hydrogens (tertiary/aromatic N) is 2. The maximum atomic E-state index is 12.8. The van der Waals surface area contributed by atoms with Crippen LogP contribution in [0.3, 0.4) is 0 Å². The summed E-state index contributed by atoms with van der Waals surface area (Å²) in [5, 5.41) is 3.99. The molecule has 0 saturated carbocycles. The predicted octanol–water partition coefficient (Wildman–Crippen LogP) is 3.84.